The molecule has 0 rings (SSSR count). The maximum Gasteiger partial charge on any atom is 1.00 e. The molecule has 0 heterocycles. The van der Waals surface area contributed by atoms with Gasteiger partial charge in [0.25, 0.3) is 0 Å². The first-order valence-electron chi connectivity index (χ1n) is 8.00. The van der Waals surface area contributed by atoms with Gasteiger partial charge in [-0.1, -0.05) is 33.6 Å². The molecule has 0 spiro atoms. The molecule has 0 aromatic heterocycles. The van der Waals surface area contributed by atoms with Gasteiger partial charge in [-0.15, -0.1) is 0 Å². The normalized spacial score (nSPS) is 14.1. The number of hydrogen-bond acceptors (Lipinski definition) is 5. The zero-order chi connectivity index (χ0) is 16.3. The minimum Gasteiger partial charge on any atom is -0.723 e. The zero-order valence-corrected chi connectivity index (χ0v) is 17.1. The van der Waals surface area contributed by atoms with Gasteiger partial charge in [-0.05, 0) is 45.4 Å². The van der Waals surface area contributed by atoms with Gasteiger partial charge in [0, 0.05) is 0 Å². The third kappa shape index (κ3) is 11.9. The quantitative estimate of drug-likeness (QED) is 0.290. The third-order valence-corrected chi connectivity index (χ3v) is 3.69. The first kappa shape index (κ1) is 24.6. The second-order valence-electron chi connectivity index (χ2n) is 6.42. The molecular formula is C16H31NaO5. The van der Waals surface area contributed by atoms with E-state index in [1.165, 1.54) is 0 Å². The molecule has 6 heteroatoms. The topological polar surface area (TPSA) is 67.8 Å². The monoisotopic (exact) mass is 326 g/mol. The van der Waals surface area contributed by atoms with E-state index in [1.54, 1.807) is 13.8 Å². The molecule has 126 valence electrons. The van der Waals surface area contributed by atoms with Gasteiger partial charge in [0.15, 0.2) is 0 Å². The summed E-state index contributed by atoms with van der Waals surface area (Å²) in [5.74, 6) is -0.155. The van der Waals surface area contributed by atoms with Gasteiger partial charge in [-0.25, -0.2) is 4.79 Å². The largest absolute Gasteiger partial charge is 1.00 e. The van der Waals surface area contributed by atoms with Crippen molar-refractivity contribution in [2.75, 3.05) is 6.61 Å². The van der Waals surface area contributed by atoms with E-state index in [0.29, 0.717) is 13.0 Å². The van der Waals surface area contributed by atoms with E-state index in [0.717, 1.165) is 32.1 Å². The Kier molecular flexibility index (Phi) is 15.4. The van der Waals surface area contributed by atoms with Gasteiger partial charge in [0.2, 0.25) is 0 Å². The molecule has 0 aliphatic rings. The molecule has 5 nitrogen and oxygen atoms in total. The molecular weight excluding hydrogens is 295 g/mol. The third-order valence-electron chi connectivity index (χ3n) is 3.69. The van der Waals surface area contributed by atoms with Gasteiger partial charge in [-0.2, -0.15) is 4.89 Å². The molecule has 0 aliphatic heterocycles. The van der Waals surface area contributed by atoms with Crippen molar-refractivity contribution >= 4 is 5.97 Å². The predicted molar refractivity (Wildman–Crippen MR) is 78.9 cm³/mol. The van der Waals surface area contributed by atoms with Crippen LogP contribution in [0.15, 0.2) is 0 Å². The molecule has 2 atom stereocenters. The summed E-state index contributed by atoms with van der Waals surface area (Å²) in [6, 6.07) is 0. The van der Waals surface area contributed by atoms with Crippen LogP contribution in [0.2, 0.25) is 0 Å². The van der Waals surface area contributed by atoms with Crippen LogP contribution in [0, 0.1) is 11.8 Å². The molecule has 0 amide bonds. The summed E-state index contributed by atoms with van der Waals surface area (Å²) in [4.78, 5) is 25.9. The fourth-order valence-electron chi connectivity index (χ4n) is 1.93. The van der Waals surface area contributed by atoms with Crippen LogP contribution >= 0.6 is 0 Å². The number of carbonyl (C=O) groups is 1. The minimum atomic E-state index is -0.668. The summed E-state index contributed by atoms with van der Waals surface area (Å²) in [7, 11) is 0. The number of rotatable bonds is 12. The van der Waals surface area contributed by atoms with Gasteiger partial charge in [0.05, 0.1) is 18.1 Å². The molecule has 0 aromatic rings. The van der Waals surface area contributed by atoms with Crippen LogP contribution in [0.5, 0.6) is 0 Å². The molecule has 0 fully saturated rings. The fourth-order valence-corrected chi connectivity index (χ4v) is 1.93. The van der Waals surface area contributed by atoms with Gasteiger partial charge in [-0.3, -0.25) is 4.89 Å². The van der Waals surface area contributed by atoms with Gasteiger partial charge in [0.1, 0.15) is 0 Å². The molecule has 0 saturated heterocycles. The van der Waals surface area contributed by atoms with Crippen molar-refractivity contribution in [1.29, 1.82) is 0 Å². The van der Waals surface area contributed by atoms with E-state index >= 15 is 0 Å². The number of carbonyl (C=O) groups excluding carboxylic acids is 1. The van der Waals surface area contributed by atoms with Crippen LogP contribution in [-0.4, -0.2) is 18.2 Å². The SMILES string of the molecule is CCCCC(CC)C(=O)OOCC(C)CCC(C)(C)O[O-].[Na+]. The Balaban J connectivity index is 0. The minimum absolute atomic E-state index is 0. The second kappa shape index (κ2) is 13.8. The Morgan fingerprint density at radius 2 is 1.86 bits per heavy atom. The zero-order valence-electron chi connectivity index (χ0n) is 15.1. The second-order valence-corrected chi connectivity index (χ2v) is 6.42. The summed E-state index contributed by atoms with van der Waals surface area (Å²) in [5.41, 5.74) is -0.668. The summed E-state index contributed by atoms with van der Waals surface area (Å²) in [6.45, 7) is 9.92. The summed E-state index contributed by atoms with van der Waals surface area (Å²) >= 11 is 0. The van der Waals surface area contributed by atoms with E-state index < -0.39 is 5.60 Å². The molecule has 0 bridgehead atoms. The Morgan fingerprint density at radius 3 is 2.36 bits per heavy atom. The standard InChI is InChI=1S/C16H32O5.Na/c1-6-8-9-14(7-2)15(17)20-19-12-13(3)10-11-16(4,5)21-18;/h13-14,18H,6-12H2,1-5H3;/q;+1/p-1. The average Bonchev–Trinajstić information content (AvgIpc) is 2.46. The van der Waals surface area contributed by atoms with Crippen LogP contribution in [0.1, 0.15) is 73.1 Å². The Labute approximate surface area is 157 Å². The maximum atomic E-state index is 11.8. The van der Waals surface area contributed by atoms with Crippen molar-refractivity contribution < 1.29 is 54.3 Å². The van der Waals surface area contributed by atoms with Crippen molar-refractivity contribution in [3.63, 3.8) is 0 Å². The van der Waals surface area contributed by atoms with Crippen LogP contribution in [0.4, 0.5) is 0 Å². The molecule has 0 saturated carbocycles. The first-order valence-corrected chi connectivity index (χ1v) is 8.00. The van der Waals surface area contributed by atoms with Crippen LogP contribution in [0.25, 0.3) is 0 Å². The van der Waals surface area contributed by atoms with Crippen molar-refractivity contribution in [2.45, 2.75) is 78.7 Å². The maximum absolute atomic E-state index is 11.8. The predicted octanol–water partition coefficient (Wildman–Crippen LogP) is 0.168. The van der Waals surface area contributed by atoms with Crippen LogP contribution < -0.4 is 34.8 Å². The van der Waals surface area contributed by atoms with Crippen LogP contribution in [0.3, 0.4) is 0 Å². The van der Waals surface area contributed by atoms with Crippen LogP contribution in [-0.2, 0) is 19.5 Å². The van der Waals surface area contributed by atoms with E-state index in [-0.39, 0.29) is 47.4 Å². The summed E-state index contributed by atoms with van der Waals surface area (Å²) in [5, 5.41) is 10.5. The molecule has 0 aliphatic carbocycles. The Morgan fingerprint density at radius 1 is 1.23 bits per heavy atom. The molecule has 22 heavy (non-hydrogen) atoms. The average molecular weight is 326 g/mol. The van der Waals surface area contributed by atoms with Crippen molar-refractivity contribution in [2.24, 2.45) is 11.8 Å². The van der Waals surface area contributed by atoms with Gasteiger partial charge < -0.3 is 10.1 Å². The number of unbranched alkanes of at least 4 members (excludes halogenated alkanes) is 1. The first-order chi connectivity index (χ1) is 9.86. The summed E-state index contributed by atoms with van der Waals surface area (Å²) in [6.07, 6.45) is 5.13. The van der Waals surface area contributed by atoms with E-state index in [1.807, 2.05) is 13.8 Å². The molecule has 0 radical (unpaired) electrons. The fraction of sp³-hybridized carbons (Fsp3) is 0.938. The molecule has 0 N–H and O–H groups in total. The Bertz CT molecular complexity index is 284. The number of hydrogen-bond donors (Lipinski definition) is 0. The van der Waals surface area contributed by atoms with Gasteiger partial charge >= 0.3 is 35.5 Å². The summed E-state index contributed by atoms with van der Waals surface area (Å²) < 4.78 is 0. The smallest absolute Gasteiger partial charge is 0.723 e. The van der Waals surface area contributed by atoms with E-state index in [9.17, 15) is 10.1 Å². The molecule has 0 aromatic carbocycles. The molecule has 2 unspecified atom stereocenters. The van der Waals surface area contributed by atoms with Crippen molar-refractivity contribution in [3.8, 4) is 0 Å². The van der Waals surface area contributed by atoms with Crippen molar-refractivity contribution in [3.05, 3.63) is 0 Å². The Hall–Kier alpha value is 0.350. The van der Waals surface area contributed by atoms with Crippen molar-refractivity contribution in [1.82, 2.24) is 0 Å². The van der Waals surface area contributed by atoms with E-state index in [2.05, 4.69) is 11.8 Å². The van der Waals surface area contributed by atoms with E-state index in [4.69, 9.17) is 9.78 Å².